The number of anilines is 1. The fourth-order valence-corrected chi connectivity index (χ4v) is 1.72. The molecule has 0 unspecified atom stereocenters. The standard InChI is InChI=1S/C15H14N2O3/c1-18-14-7-12(17)13(8-15(14)19-2)20-11-5-3-4-10(6-11)9-16/h3-8H,17H2,1-2H3. The zero-order chi connectivity index (χ0) is 14.5. The predicted molar refractivity (Wildman–Crippen MR) is 75.2 cm³/mol. The van der Waals surface area contributed by atoms with Gasteiger partial charge in [-0.1, -0.05) is 6.07 Å². The monoisotopic (exact) mass is 270 g/mol. The molecule has 0 bridgehead atoms. The molecule has 2 N–H and O–H groups in total. The molecule has 0 amide bonds. The summed E-state index contributed by atoms with van der Waals surface area (Å²) in [6.07, 6.45) is 0. The molecule has 0 aromatic heterocycles. The van der Waals surface area contributed by atoms with Crippen molar-refractivity contribution in [2.75, 3.05) is 20.0 Å². The molecule has 0 aliphatic heterocycles. The van der Waals surface area contributed by atoms with E-state index >= 15 is 0 Å². The molecule has 0 atom stereocenters. The topological polar surface area (TPSA) is 77.5 Å². The highest BCUT2D eigenvalue weighted by Crippen LogP contribution is 2.38. The van der Waals surface area contributed by atoms with Gasteiger partial charge in [-0.2, -0.15) is 5.26 Å². The second-order valence-electron chi connectivity index (χ2n) is 3.99. The molecule has 0 radical (unpaired) electrons. The molecule has 2 rings (SSSR count). The van der Waals surface area contributed by atoms with Crippen molar-refractivity contribution < 1.29 is 14.2 Å². The van der Waals surface area contributed by atoms with Gasteiger partial charge < -0.3 is 19.9 Å². The molecule has 0 aliphatic carbocycles. The van der Waals surface area contributed by atoms with Crippen molar-refractivity contribution in [1.29, 1.82) is 5.26 Å². The number of nitrogen functional groups attached to an aromatic ring is 1. The first-order valence-corrected chi connectivity index (χ1v) is 5.87. The summed E-state index contributed by atoms with van der Waals surface area (Å²) in [5.41, 5.74) is 6.85. The van der Waals surface area contributed by atoms with Gasteiger partial charge in [0.25, 0.3) is 0 Å². The lowest BCUT2D eigenvalue weighted by molar-refractivity contribution is 0.352. The number of rotatable bonds is 4. The maximum Gasteiger partial charge on any atom is 0.164 e. The number of ether oxygens (including phenoxy) is 3. The van der Waals surface area contributed by atoms with Crippen molar-refractivity contribution >= 4 is 5.69 Å². The van der Waals surface area contributed by atoms with Crippen LogP contribution in [0.1, 0.15) is 5.56 Å². The van der Waals surface area contributed by atoms with E-state index in [0.717, 1.165) is 0 Å². The highest BCUT2D eigenvalue weighted by molar-refractivity contribution is 5.63. The van der Waals surface area contributed by atoms with Gasteiger partial charge in [0.05, 0.1) is 31.5 Å². The normalized spacial score (nSPS) is 9.65. The number of benzene rings is 2. The number of hydrogen-bond donors (Lipinski definition) is 1. The number of methoxy groups -OCH3 is 2. The van der Waals surface area contributed by atoms with E-state index < -0.39 is 0 Å². The fraction of sp³-hybridized carbons (Fsp3) is 0.133. The largest absolute Gasteiger partial charge is 0.493 e. The number of nitrogens with zero attached hydrogens (tertiary/aromatic N) is 1. The molecule has 0 spiro atoms. The molecule has 0 saturated carbocycles. The van der Waals surface area contributed by atoms with Gasteiger partial charge in [-0.05, 0) is 18.2 Å². The van der Waals surface area contributed by atoms with Crippen LogP contribution in [0.3, 0.4) is 0 Å². The summed E-state index contributed by atoms with van der Waals surface area (Å²) in [6, 6.07) is 12.1. The third-order valence-corrected chi connectivity index (χ3v) is 2.71. The minimum Gasteiger partial charge on any atom is -0.493 e. The second-order valence-corrected chi connectivity index (χ2v) is 3.99. The Balaban J connectivity index is 2.35. The summed E-state index contributed by atoms with van der Waals surface area (Å²) in [4.78, 5) is 0. The van der Waals surface area contributed by atoms with Crippen LogP contribution in [0.15, 0.2) is 36.4 Å². The van der Waals surface area contributed by atoms with Crippen LogP contribution in [0.25, 0.3) is 0 Å². The highest BCUT2D eigenvalue weighted by atomic mass is 16.5. The van der Waals surface area contributed by atoms with E-state index in [0.29, 0.717) is 34.2 Å². The van der Waals surface area contributed by atoms with Gasteiger partial charge in [0.1, 0.15) is 5.75 Å². The highest BCUT2D eigenvalue weighted by Gasteiger charge is 2.11. The molecule has 0 aliphatic rings. The average molecular weight is 270 g/mol. The Kier molecular flexibility index (Phi) is 3.96. The van der Waals surface area contributed by atoms with Crippen LogP contribution in [0.5, 0.6) is 23.0 Å². The predicted octanol–water partition coefficient (Wildman–Crippen LogP) is 2.95. The minimum absolute atomic E-state index is 0.421. The molecule has 0 saturated heterocycles. The number of nitriles is 1. The first-order chi connectivity index (χ1) is 9.67. The lowest BCUT2D eigenvalue weighted by Crippen LogP contribution is -1.97. The van der Waals surface area contributed by atoms with Crippen molar-refractivity contribution in [3.8, 4) is 29.1 Å². The smallest absolute Gasteiger partial charge is 0.164 e. The van der Waals surface area contributed by atoms with E-state index in [4.69, 9.17) is 25.2 Å². The van der Waals surface area contributed by atoms with Crippen LogP contribution in [-0.4, -0.2) is 14.2 Å². The number of nitrogens with two attached hydrogens (primary N) is 1. The van der Waals surface area contributed by atoms with Gasteiger partial charge in [-0.15, -0.1) is 0 Å². The summed E-state index contributed by atoms with van der Waals surface area (Å²) < 4.78 is 16.0. The van der Waals surface area contributed by atoms with Gasteiger partial charge in [0, 0.05) is 12.1 Å². The second kappa shape index (κ2) is 5.85. The van der Waals surface area contributed by atoms with Gasteiger partial charge in [0.2, 0.25) is 0 Å². The fourth-order valence-electron chi connectivity index (χ4n) is 1.72. The number of hydrogen-bond acceptors (Lipinski definition) is 5. The van der Waals surface area contributed by atoms with Crippen molar-refractivity contribution in [3.63, 3.8) is 0 Å². The van der Waals surface area contributed by atoms with Crippen LogP contribution >= 0.6 is 0 Å². The van der Waals surface area contributed by atoms with Crippen LogP contribution in [0.2, 0.25) is 0 Å². The summed E-state index contributed by atoms with van der Waals surface area (Å²) in [5, 5.41) is 8.87. The SMILES string of the molecule is COc1cc(N)c(Oc2cccc(C#N)c2)cc1OC. The Morgan fingerprint density at radius 2 is 1.70 bits per heavy atom. The molecule has 5 heteroatoms. The molecule has 2 aromatic rings. The van der Waals surface area contributed by atoms with E-state index in [9.17, 15) is 0 Å². The molecule has 0 fully saturated rings. The molecule has 20 heavy (non-hydrogen) atoms. The third-order valence-electron chi connectivity index (χ3n) is 2.71. The van der Waals surface area contributed by atoms with Gasteiger partial charge in [0.15, 0.2) is 17.2 Å². The van der Waals surface area contributed by atoms with Crippen LogP contribution in [-0.2, 0) is 0 Å². The third kappa shape index (κ3) is 2.75. The summed E-state index contributed by atoms with van der Waals surface area (Å²) in [6.45, 7) is 0. The van der Waals surface area contributed by atoms with Gasteiger partial charge >= 0.3 is 0 Å². The Morgan fingerprint density at radius 1 is 1.00 bits per heavy atom. The molecule has 102 valence electrons. The Hall–Kier alpha value is -2.87. The average Bonchev–Trinajstić information content (AvgIpc) is 2.49. The minimum atomic E-state index is 0.421. The molecule has 0 heterocycles. The maximum atomic E-state index is 8.87. The first-order valence-electron chi connectivity index (χ1n) is 5.87. The van der Waals surface area contributed by atoms with Crippen LogP contribution in [0, 0.1) is 11.3 Å². The Morgan fingerprint density at radius 3 is 2.35 bits per heavy atom. The lowest BCUT2D eigenvalue weighted by Gasteiger charge is -2.13. The van der Waals surface area contributed by atoms with E-state index in [2.05, 4.69) is 6.07 Å². The van der Waals surface area contributed by atoms with E-state index in [1.54, 1.807) is 36.4 Å². The van der Waals surface area contributed by atoms with E-state index in [-0.39, 0.29) is 0 Å². The maximum absolute atomic E-state index is 8.87. The summed E-state index contributed by atoms with van der Waals surface area (Å²) >= 11 is 0. The molecule has 2 aromatic carbocycles. The zero-order valence-electron chi connectivity index (χ0n) is 11.2. The van der Waals surface area contributed by atoms with Crippen LogP contribution in [0.4, 0.5) is 5.69 Å². The lowest BCUT2D eigenvalue weighted by atomic mass is 10.2. The zero-order valence-corrected chi connectivity index (χ0v) is 11.2. The van der Waals surface area contributed by atoms with E-state index in [1.165, 1.54) is 14.2 Å². The van der Waals surface area contributed by atoms with Crippen molar-refractivity contribution in [1.82, 2.24) is 0 Å². The Labute approximate surface area is 117 Å². The van der Waals surface area contributed by atoms with Crippen molar-refractivity contribution in [2.45, 2.75) is 0 Å². The van der Waals surface area contributed by atoms with Crippen molar-refractivity contribution in [3.05, 3.63) is 42.0 Å². The van der Waals surface area contributed by atoms with Gasteiger partial charge in [-0.3, -0.25) is 0 Å². The molecule has 5 nitrogen and oxygen atoms in total. The first kappa shape index (κ1) is 13.6. The Bertz CT molecular complexity index is 663. The summed E-state index contributed by atoms with van der Waals surface area (Å²) in [5.74, 6) is 2.02. The molecular formula is C15H14N2O3. The van der Waals surface area contributed by atoms with E-state index in [1.807, 2.05) is 0 Å². The van der Waals surface area contributed by atoms with Crippen LogP contribution < -0.4 is 19.9 Å². The van der Waals surface area contributed by atoms with Crippen molar-refractivity contribution in [2.24, 2.45) is 0 Å². The quantitative estimate of drug-likeness (QED) is 0.864. The van der Waals surface area contributed by atoms with Gasteiger partial charge in [-0.25, -0.2) is 0 Å². The summed E-state index contributed by atoms with van der Waals surface area (Å²) in [7, 11) is 3.07. The molecular weight excluding hydrogens is 256 g/mol.